The summed E-state index contributed by atoms with van der Waals surface area (Å²) in [4.78, 5) is 15.5. The summed E-state index contributed by atoms with van der Waals surface area (Å²) >= 11 is 5.76. The van der Waals surface area contributed by atoms with Crippen molar-refractivity contribution in [3.05, 3.63) is 40.5 Å². The quantitative estimate of drug-likeness (QED) is 0.584. The van der Waals surface area contributed by atoms with Crippen LogP contribution in [0.15, 0.2) is 35.0 Å². The third-order valence-corrected chi connectivity index (χ3v) is 2.39. The summed E-state index contributed by atoms with van der Waals surface area (Å²) < 4.78 is 4.94. The van der Waals surface area contributed by atoms with Gasteiger partial charge in [0.25, 0.3) is 0 Å². The first-order valence-electron chi connectivity index (χ1n) is 4.96. The average molecular weight is 236 g/mol. The summed E-state index contributed by atoms with van der Waals surface area (Å²) in [5.41, 5.74) is 1.21. The number of esters is 1. The maximum absolute atomic E-state index is 11.4. The Hall–Kier alpha value is -1.61. The molecule has 3 nitrogen and oxygen atoms in total. The van der Waals surface area contributed by atoms with E-state index in [2.05, 4.69) is 4.99 Å². The molecule has 0 saturated carbocycles. The molecule has 0 unspecified atom stereocenters. The number of hydrogen-bond donors (Lipinski definition) is 0. The van der Waals surface area contributed by atoms with E-state index in [-0.39, 0.29) is 0 Å². The summed E-state index contributed by atoms with van der Waals surface area (Å²) in [6.45, 7) is 1.89. The molecule has 1 aliphatic heterocycles. The number of benzene rings is 1. The van der Waals surface area contributed by atoms with Crippen LogP contribution in [-0.2, 0) is 9.53 Å². The van der Waals surface area contributed by atoms with Crippen molar-refractivity contribution in [2.75, 3.05) is 0 Å². The lowest BCUT2D eigenvalue weighted by Crippen LogP contribution is -2.02. The zero-order valence-corrected chi connectivity index (χ0v) is 9.49. The number of cyclic esters (lactones) is 1. The van der Waals surface area contributed by atoms with Crippen molar-refractivity contribution < 1.29 is 9.53 Å². The van der Waals surface area contributed by atoms with Crippen LogP contribution in [0.3, 0.4) is 0 Å². The first-order chi connectivity index (χ1) is 7.69. The van der Waals surface area contributed by atoms with E-state index in [4.69, 9.17) is 16.3 Å². The van der Waals surface area contributed by atoms with Gasteiger partial charge in [-0.05, 0) is 23.8 Å². The van der Waals surface area contributed by atoms with Gasteiger partial charge in [0, 0.05) is 11.4 Å². The number of carbonyl (C=O) groups is 1. The Morgan fingerprint density at radius 3 is 2.62 bits per heavy atom. The summed E-state index contributed by atoms with van der Waals surface area (Å²) in [6.07, 6.45) is 2.30. The molecule has 0 spiro atoms. The van der Waals surface area contributed by atoms with Gasteiger partial charge in [-0.3, -0.25) is 0 Å². The highest BCUT2D eigenvalue weighted by Gasteiger charge is 2.21. The molecular weight excluding hydrogens is 226 g/mol. The Bertz CT molecular complexity index is 474. The van der Waals surface area contributed by atoms with E-state index in [1.54, 1.807) is 18.2 Å². The van der Waals surface area contributed by atoms with Gasteiger partial charge in [-0.15, -0.1) is 0 Å². The molecule has 2 rings (SSSR count). The van der Waals surface area contributed by atoms with Crippen LogP contribution in [0.5, 0.6) is 0 Å². The highest BCUT2D eigenvalue weighted by molar-refractivity contribution is 6.30. The molecule has 0 fully saturated rings. The lowest BCUT2D eigenvalue weighted by molar-refractivity contribution is -0.130. The molecule has 16 heavy (non-hydrogen) atoms. The van der Waals surface area contributed by atoms with Crippen molar-refractivity contribution in [2.24, 2.45) is 4.99 Å². The van der Waals surface area contributed by atoms with E-state index in [0.717, 1.165) is 5.56 Å². The molecule has 82 valence electrons. The normalized spacial score (nSPS) is 17.5. The molecule has 0 atom stereocenters. The maximum atomic E-state index is 11.4. The average Bonchev–Trinajstić information content (AvgIpc) is 2.63. The predicted octanol–water partition coefficient (Wildman–Crippen LogP) is 3.05. The molecule has 0 radical (unpaired) electrons. The molecular formula is C12H10ClNO2. The van der Waals surface area contributed by atoms with Gasteiger partial charge >= 0.3 is 5.97 Å². The van der Waals surface area contributed by atoms with Gasteiger partial charge in [0.1, 0.15) is 0 Å². The zero-order chi connectivity index (χ0) is 11.5. The fourth-order valence-electron chi connectivity index (χ4n) is 1.32. The summed E-state index contributed by atoms with van der Waals surface area (Å²) in [5.74, 6) is 0.0667. The monoisotopic (exact) mass is 235 g/mol. The van der Waals surface area contributed by atoms with Crippen LogP contribution < -0.4 is 0 Å². The van der Waals surface area contributed by atoms with Crippen molar-refractivity contribution in [1.29, 1.82) is 0 Å². The molecule has 0 saturated heterocycles. The zero-order valence-electron chi connectivity index (χ0n) is 8.74. The van der Waals surface area contributed by atoms with E-state index < -0.39 is 5.97 Å². The molecule has 4 heteroatoms. The first-order valence-corrected chi connectivity index (χ1v) is 5.34. The van der Waals surface area contributed by atoms with E-state index >= 15 is 0 Å². The minimum atomic E-state index is -0.396. The van der Waals surface area contributed by atoms with Crippen LogP contribution in [0, 0.1) is 0 Å². The Morgan fingerprint density at radius 2 is 2.06 bits per heavy atom. The van der Waals surface area contributed by atoms with Gasteiger partial charge in [-0.25, -0.2) is 9.79 Å². The molecule has 0 bridgehead atoms. The van der Waals surface area contributed by atoms with E-state index in [9.17, 15) is 4.79 Å². The third-order valence-electron chi connectivity index (χ3n) is 2.14. The number of rotatable bonds is 2. The maximum Gasteiger partial charge on any atom is 0.363 e. The SMILES string of the molecule is CCC1=N/C(=C/c2ccc(Cl)cc2)C(=O)O1. The van der Waals surface area contributed by atoms with Crippen molar-refractivity contribution in [3.8, 4) is 0 Å². The number of carbonyl (C=O) groups excluding carboxylic acids is 1. The van der Waals surface area contributed by atoms with Crippen LogP contribution >= 0.6 is 11.6 Å². The first kappa shape index (κ1) is 10.9. The summed E-state index contributed by atoms with van der Waals surface area (Å²) in [7, 11) is 0. The number of aliphatic imine (C=N–C) groups is 1. The predicted molar refractivity (Wildman–Crippen MR) is 63.2 cm³/mol. The number of hydrogen-bond acceptors (Lipinski definition) is 3. The summed E-state index contributed by atoms with van der Waals surface area (Å²) in [6, 6.07) is 7.17. The Balaban J connectivity index is 2.28. The molecule has 0 aliphatic carbocycles. The molecule has 0 amide bonds. The summed E-state index contributed by atoms with van der Waals surface area (Å²) in [5, 5.41) is 0.661. The second-order valence-electron chi connectivity index (χ2n) is 3.33. The molecule has 1 aromatic carbocycles. The molecule has 1 aliphatic rings. The Morgan fingerprint density at radius 1 is 1.38 bits per heavy atom. The third kappa shape index (κ3) is 2.31. The smallest absolute Gasteiger partial charge is 0.363 e. The topological polar surface area (TPSA) is 38.7 Å². The van der Waals surface area contributed by atoms with Crippen molar-refractivity contribution in [1.82, 2.24) is 0 Å². The van der Waals surface area contributed by atoms with E-state index in [0.29, 0.717) is 23.0 Å². The van der Waals surface area contributed by atoms with Crippen molar-refractivity contribution >= 4 is 29.5 Å². The molecule has 1 aromatic rings. The van der Waals surface area contributed by atoms with Crippen LogP contribution in [0.25, 0.3) is 6.08 Å². The fourth-order valence-corrected chi connectivity index (χ4v) is 1.45. The van der Waals surface area contributed by atoms with Crippen LogP contribution in [-0.4, -0.2) is 11.9 Å². The van der Waals surface area contributed by atoms with Crippen LogP contribution in [0.4, 0.5) is 0 Å². The van der Waals surface area contributed by atoms with Gasteiger partial charge in [0.05, 0.1) is 0 Å². The van der Waals surface area contributed by atoms with E-state index in [1.165, 1.54) is 0 Å². The Labute approximate surface area is 98.4 Å². The largest absolute Gasteiger partial charge is 0.407 e. The van der Waals surface area contributed by atoms with E-state index in [1.807, 2.05) is 19.1 Å². The number of nitrogens with zero attached hydrogens (tertiary/aromatic N) is 1. The second-order valence-corrected chi connectivity index (χ2v) is 3.77. The van der Waals surface area contributed by atoms with Crippen LogP contribution in [0.1, 0.15) is 18.9 Å². The molecule has 0 aromatic heterocycles. The number of ether oxygens (including phenoxy) is 1. The van der Waals surface area contributed by atoms with Gasteiger partial charge in [-0.2, -0.15) is 0 Å². The van der Waals surface area contributed by atoms with Gasteiger partial charge in [0.2, 0.25) is 0 Å². The standard InChI is InChI=1S/C12H10ClNO2/c1-2-11-14-10(12(15)16-11)7-8-3-5-9(13)6-4-8/h3-7H,2H2,1H3/b10-7+. The Kier molecular flexibility index (Phi) is 3.06. The lowest BCUT2D eigenvalue weighted by Gasteiger charge is -1.94. The number of halogens is 1. The highest BCUT2D eigenvalue weighted by atomic mass is 35.5. The van der Waals surface area contributed by atoms with Gasteiger partial charge in [-0.1, -0.05) is 30.7 Å². The molecule has 0 N–H and O–H groups in total. The highest BCUT2D eigenvalue weighted by Crippen LogP contribution is 2.17. The molecule has 1 heterocycles. The minimum absolute atomic E-state index is 0.333. The second kappa shape index (κ2) is 4.49. The van der Waals surface area contributed by atoms with Crippen molar-refractivity contribution in [3.63, 3.8) is 0 Å². The lowest BCUT2D eigenvalue weighted by atomic mass is 10.2. The minimum Gasteiger partial charge on any atom is -0.407 e. The van der Waals surface area contributed by atoms with Crippen molar-refractivity contribution in [2.45, 2.75) is 13.3 Å². The van der Waals surface area contributed by atoms with Gasteiger partial charge in [0.15, 0.2) is 11.6 Å². The van der Waals surface area contributed by atoms with Gasteiger partial charge < -0.3 is 4.74 Å². The van der Waals surface area contributed by atoms with Crippen LogP contribution in [0.2, 0.25) is 5.02 Å². The fraction of sp³-hybridized carbons (Fsp3) is 0.167.